The quantitative estimate of drug-likeness (QED) is 0.360. The third-order valence-corrected chi connectivity index (χ3v) is 3.09. The molecular weight excluding hydrogens is 379 g/mol. The minimum atomic E-state index is -7.13. The van der Waals surface area contributed by atoms with E-state index in [4.69, 9.17) is 0 Å². The largest absolute Gasteiger partial charge is 0.460 e. The molecule has 0 spiro atoms. The summed E-state index contributed by atoms with van der Waals surface area (Å²) < 4.78 is 117. The first-order chi connectivity index (χ1) is 11.6. The summed E-state index contributed by atoms with van der Waals surface area (Å²) in [7, 11) is 0. The third-order valence-electron chi connectivity index (χ3n) is 3.09. The first kappa shape index (κ1) is 21.8. The van der Waals surface area contributed by atoms with Crippen LogP contribution in [0.4, 0.5) is 39.5 Å². The summed E-state index contributed by atoms with van der Waals surface area (Å²) in [5.41, 5.74) is 0.394. The predicted octanol–water partition coefficient (Wildman–Crippen LogP) is 5.67. The molecule has 10 heteroatoms. The van der Waals surface area contributed by atoms with E-state index < -0.39 is 40.9 Å². The molecule has 0 aliphatic rings. The van der Waals surface area contributed by atoms with Crippen molar-refractivity contribution in [2.24, 2.45) is 0 Å². The molecule has 0 atom stereocenters. The molecule has 0 saturated heterocycles. The summed E-state index contributed by atoms with van der Waals surface area (Å²) in [5, 5.41) is 0. The number of Topliss-reactive ketones (excluding diaryl/α,β-unsaturated/α-hetero) is 1. The molecule has 0 aromatic heterocycles. The molecule has 1 aromatic carbocycles. The maximum Gasteiger partial charge on any atom is 0.460 e. The van der Waals surface area contributed by atoms with E-state index in [2.05, 4.69) is 0 Å². The summed E-state index contributed by atoms with van der Waals surface area (Å²) in [5.74, 6) is -23.4. The van der Waals surface area contributed by atoms with Crippen molar-refractivity contribution in [3.05, 3.63) is 47.2 Å². The number of halogens is 9. The van der Waals surface area contributed by atoms with Crippen LogP contribution in [0.2, 0.25) is 0 Å². The maximum atomic E-state index is 13.9. The number of ketones is 1. The monoisotopic (exact) mass is 390 g/mol. The lowest BCUT2D eigenvalue weighted by molar-refractivity contribution is -0.387. The van der Waals surface area contributed by atoms with Crippen LogP contribution < -0.4 is 0 Å². The van der Waals surface area contributed by atoms with Gasteiger partial charge in [0.2, 0.25) is 5.78 Å². The van der Waals surface area contributed by atoms with E-state index in [1.807, 2.05) is 5.73 Å². The van der Waals surface area contributed by atoms with E-state index in [0.29, 0.717) is 0 Å². The summed E-state index contributed by atoms with van der Waals surface area (Å²) in [6.07, 6.45) is -6.99. The van der Waals surface area contributed by atoms with Crippen LogP contribution in [-0.4, -0.2) is 29.7 Å². The van der Waals surface area contributed by atoms with Crippen LogP contribution >= 0.6 is 0 Å². The van der Waals surface area contributed by atoms with Crippen molar-refractivity contribution >= 4 is 11.4 Å². The number of hydrogen-bond acceptors (Lipinski definition) is 1. The van der Waals surface area contributed by atoms with E-state index in [1.165, 1.54) is 32.0 Å². The van der Waals surface area contributed by atoms with Gasteiger partial charge in [-0.2, -0.15) is 39.5 Å². The number of rotatable bonds is 5. The van der Waals surface area contributed by atoms with Crippen LogP contribution in [0.3, 0.4) is 0 Å². The minimum Gasteiger partial charge on any atom is -0.286 e. The van der Waals surface area contributed by atoms with Gasteiger partial charge in [0.15, 0.2) is 0 Å². The van der Waals surface area contributed by atoms with Gasteiger partial charge in [0, 0.05) is 0 Å². The van der Waals surface area contributed by atoms with Gasteiger partial charge in [-0.3, -0.25) is 4.79 Å². The maximum absolute atomic E-state index is 13.9. The molecule has 26 heavy (non-hydrogen) atoms. The molecule has 0 aliphatic heterocycles. The molecule has 0 amide bonds. The standard InChI is InChI=1S/C16H11F9O/c1-9(2)8-11(10-6-4-3-5-7-10)12(26)13(17,18)14(19,20)15(21,22)16(23,24)25/h3-7H,1-2H3. The van der Waals surface area contributed by atoms with Gasteiger partial charge in [-0.05, 0) is 25.0 Å². The summed E-state index contributed by atoms with van der Waals surface area (Å²) >= 11 is 0. The molecule has 0 saturated carbocycles. The fourth-order valence-electron chi connectivity index (χ4n) is 1.79. The predicted molar refractivity (Wildman–Crippen MR) is 74.1 cm³/mol. The zero-order chi connectivity index (χ0) is 20.6. The normalized spacial score (nSPS) is 13.2. The Kier molecular flexibility index (Phi) is 5.73. The highest BCUT2D eigenvalue weighted by atomic mass is 19.4. The van der Waals surface area contributed by atoms with Crippen LogP contribution in [0.1, 0.15) is 19.4 Å². The van der Waals surface area contributed by atoms with Crippen molar-refractivity contribution in [2.45, 2.75) is 37.8 Å². The number of allylic oxidation sites excluding steroid dienone is 1. The molecule has 0 unspecified atom stereocenters. The molecule has 1 rings (SSSR count). The summed E-state index contributed by atoms with van der Waals surface area (Å²) in [6.45, 7) is 2.47. The Morgan fingerprint density at radius 2 is 1.27 bits per heavy atom. The molecule has 144 valence electrons. The molecule has 0 bridgehead atoms. The average molecular weight is 390 g/mol. The number of hydrogen-bond donors (Lipinski definition) is 0. The molecule has 0 fully saturated rings. The van der Waals surface area contributed by atoms with Gasteiger partial charge >= 0.3 is 23.9 Å². The van der Waals surface area contributed by atoms with Gasteiger partial charge < -0.3 is 0 Å². The van der Waals surface area contributed by atoms with Crippen molar-refractivity contribution in [3.8, 4) is 0 Å². The Morgan fingerprint density at radius 3 is 1.65 bits per heavy atom. The van der Waals surface area contributed by atoms with Crippen molar-refractivity contribution in [3.63, 3.8) is 0 Å². The van der Waals surface area contributed by atoms with Gasteiger partial charge in [0.05, 0.1) is 5.57 Å². The summed E-state index contributed by atoms with van der Waals surface area (Å²) in [6, 6.07) is 5.84. The van der Waals surface area contributed by atoms with E-state index >= 15 is 0 Å². The Bertz CT molecular complexity index is 735. The zero-order valence-electron chi connectivity index (χ0n) is 13.2. The van der Waals surface area contributed by atoms with Crippen LogP contribution in [0.15, 0.2) is 41.6 Å². The minimum absolute atomic E-state index is 0.0268. The number of benzene rings is 1. The molecule has 0 aliphatic carbocycles. The lowest BCUT2D eigenvalue weighted by Gasteiger charge is -2.32. The highest BCUT2D eigenvalue weighted by Crippen LogP contribution is 2.54. The second-order valence-corrected chi connectivity index (χ2v) is 5.42. The van der Waals surface area contributed by atoms with Crippen molar-refractivity contribution < 1.29 is 44.3 Å². The first-order valence-corrected chi connectivity index (χ1v) is 6.82. The lowest BCUT2D eigenvalue weighted by atomic mass is 9.92. The first-order valence-electron chi connectivity index (χ1n) is 6.82. The number of carbonyl (C=O) groups is 1. The Hall–Kier alpha value is -2.22. The lowest BCUT2D eigenvalue weighted by Crippen LogP contribution is -2.63. The van der Waals surface area contributed by atoms with Gasteiger partial charge in [-0.1, -0.05) is 30.3 Å². The highest BCUT2D eigenvalue weighted by molar-refractivity contribution is 6.24. The van der Waals surface area contributed by atoms with Crippen molar-refractivity contribution in [1.82, 2.24) is 0 Å². The molecular formula is C16H11F9O. The van der Waals surface area contributed by atoms with E-state index in [9.17, 15) is 44.3 Å². The number of carbonyl (C=O) groups excluding carboxylic acids is 1. The van der Waals surface area contributed by atoms with E-state index in [0.717, 1.165) is 12.1 Å². The van der Waals surface area contributed by atoms with Crippen LogP contribution in [0.5, 0.6) is 0 Å². The van der Waals surface area contributed by atoms with Crippen LogP contribution in [0, 0.1) is 0 Å². The zero-order valence-corrected chi connectivity index (χ0v) is 13.2. The number of alkyl halides is 9. The topological polar surface area (TPSA) is 17.1 Å². The van der Waals surface area contributed by atoms with Crippen LogP contribution in [0.25, 0.3) is 5.57 Å². The second kappa shape index (κ2) is 6.83. The average Bonchev–Trinajstić information content (AvgIpc) is 2.51. The molecule has 0 radical (unpaired) electrons. The Labute approximate surface area is 141 Å². The Morgan fingerprint density at radius 1 is 0.808 bits per heavy atom. The van der Waals surface area contributed by atoms with E-state index in [-0.39, 0.29) is 5.57 Å². The fourth-order valence-corrected chi connectivity index (χ4v) is 1.79. The third kappa shape index (κ3) is 3.65. The molecule has 0 heterocycles. The fraction of sp³-hybridized carbons (Fsp3) is 0.375. The molecule has 1 aromatic rings. The van der Waals surface area contributed by atoms with Crippen molar-refractivity contribution in [2.75, 3.05) is 0 Å². The van der Waals surface area contributed by atoms with Gasteiger partial charge in [-0.25, -0.2) is 0 Å². The van der Waals surface area contributed by atoms with Crippen LogP contribution in [-0.2, 0) is 4.79 Å². The smallest absolute Gasteiger partial charge is 0.286 e. The molecule has 0 N–H and O–H groups in total. The van der Waals surface area contributed by atoms with Crippen molar-refractivity contribution in [1.29, 1.82) is 0 Å². The SMILES string of the molecule is CC(C)=C=C(C(=O)C(F)(F)C(F)(F)C(F)(F)C(F)(F)F)c1ccccc1. The molecule has 1 nitrogen and oxygen atoms in total. The highest BCUT2D eigenvalue weighted by Gasteiger charge is 2.83. The van der Waals surface area contributed by atoms with Gasteiger partial charge in [0.25, 0.3) is 0 Å². The van der Waals surface area contributed by atoms with Gasteiger partial charge in [0.1, 0.15) is 0 Å². The summed E-state index contributed by atoms with van der Waals surface area (Å²) in [4.78, 5) is 11.9. The van der Waals surface area contributed by atoms with E-state index in [1.54, 1.807) is 0 Å². The van der Waals surface area contributed by atoms with Gasteiger partial charge in [-0.15, -0.1) is 5.73 Å². The Balaban J connectivity index is 3.60. The second-order valence-electron chi connectivity index (χ2n) is 5.42.